The van der Waals surface area contributed by atoms with Crippen molar-refractivity contribution in [3.8, 4) is 0 Å². The molecule has 27 heavy (non-hydrogen) atoms. The van der Waals surface area contributed by atoms with Crippen molar-refractivity contribution in [3.63, 3.8) is 0 Å². The molecule has 7 heteroatoms. The highest BCUT2D eigenvalue weighted by molar-refractivity contribution is 5.74. The molecule has 0 aromatic rings. The van der Waals surface area contributed by atoms with E-state index in [2.05, 4.69) is 10.2 Å². The average Bonchev–Trinajstić information content (AvgIpc) is 2.72. The maximum Gasteiger partial charge on any atom is 0.320 e. The maximum atomic E-state index is 12.8. The van der Waals surface area contributed by atoms with Crippen molar-refractivity contribution in [2.75, 3.05) is 52.4 Å². The molecule has 0 aromatic heterocycles. The Morgan fingerprint density at radius 2 is 1.56 bits per heavy atom. The van der Waals surface area contributed by atoms with Gasteiger partial charge in [0.15, 0.2) is 0 Å². The number of piperazine rings is 1. The summed E-state index contributed by atoms with van der Waals surface area (Å²) in [6.45, 7) is 9.34. The van der Waals surface area contributed by atoms with E-state index in [1.165, 1.54) is 12.8 Å². The van der Waals surface area contributed by atoms with Crippen LogP contribution in [0.3, 0.4) is 0 Å². The summed E-state index contributed by atoms with van der Waals surface area (Å²) in [6, 6.07) is 0.893. The van der Waals surface area contributed by atoms with Crippen molar-refractivity contribution < 1.29 is 14.7 Å². The zero-order chi connectivity index (χ0) is 19.2. The number of rotatable bonds is 5. The Morgan fingerprint density at radius 1 is 0.963 bits per heavy atom. The van der Waals surface area contributed by atoms with Gasteiger partial charge in [0.2, 0.25) is 0 Å². The highest BCUT2D eigenvalue weighted by atomic mass is 16.4. The summed E-state index contributed by atoms with van der Waals surface area (Å²) >= 11 is 0. The smallest absolute Gasteiger partial charge is 0.320 e. The summed E-state index contributed by atoms with van der Waals surface area (Å²) in [5, 5.41) is 12.4. The van der Waals surface area contributed by atoms with Gasteiger partial charge in [-0.3, -0.25) is 9.69 Å². The van der Waals surface area contributed by atoms with Crippen LogP contribution in [0.25, 0.3) is 0 Å². The Kier molecular flexibility index (Phi) is 7.35. The minimum atomic E-state index is -0.703. The molecule has 3 heterocycles. The van der Waals surface area contributed by atoms with Crippen molar-refractivity contribution in [2.24, 2.45) is 11.8 Å². The highest BCUT2D eigenvalue weighted by Gasteiger charge is 2.31. The molecule has 1 unspecified atom stereocenters. The van der Waals surface area contributed by atoms with E-state index in [1.807, 2.05) is 9.80 Å². The van der Waals surface area contributed by atoms with Crippen molar-refractivity contribution >= 4 is 12.0 Å². The Bertz CT molecular complexity index is 493. The standard InChI is InChI=1S/C20H36N4O3/c1-16(19(25)26)2-3-17-6-10-23(11-7-17)20(27)24-14-12-22(13-15-24)18-4-8-21-9-5-18/h16-18,21H,2-15H2,1H3,(H,25,26). The molecule has 0 aliphatic carbocycles. The quantitative estimate of drug-likeness (QED) is 0.759. The van der Waals surface area contributed by atoms with Crippen LogP contribution in [-0.4, -0.2) is 90.2 Å². The Morgan fingerprint density at radius 3 is 2.15 bits per heavy atom. The lowest BCUT2D eigenvalue weighted by atomic mass is 9.89. The predicted molar refractivity (Wildman–Crippen MR) is 105 cm³/mol. The van der Waals surface area contributed by atoms with E-state index in [1.54, 1.807) is 6.92 Å². The lowest BCUT2D eigenvalue weighted by Crippen LogP contribution is -2.56. The minimum absolute atomic E-state index is 0.206. The lowest BCUT2D eigenvalue weighted by Gasteiger charge is -2.43. The number of likely N-dealkylation sites (tertiary alicyclic amines) is 1. The fourth-order valence-electron chi connectivity index (χ4n) is 4.67. The Hall–Kier alpha value is -1.34. The molecule has 1 atom stereocenters. The van der Waals surface area contributed by atoms with Crippen LogP contribution in [0.4, 0.5) is 4.79 Å². The summed E-state index contributed by atoms with van der Waals surface area (Å²) in [5.74, 6) is -0.403. The second-order valence-corrected chi connectivity index (χ2v) is 8.53. The van der Waals surface area contributed by atoms with E-state index in [9.17, 15) is 9.59 Å². The van der Waals surface area contributed by atoms with Crippen LogP contribution in [0, 0.1) is 11.8 Å². The minimum Gasteiger partial charge on any atom is -0.481 e. The first-order chi connectivity index (χ1) is 13.0. The molecule has 0 aromatic carbocycles. The summed E-state index contributed by atoms with van der Waals surface area (Å²) in [5.41, 5.74) is 0. The van der Waals surface area contributed by atoms with Crippen LogP contribution in [0.1, 0.15) is 45.4 Å². The number of piperidine rings is 2. The van der Waals surface area contributed by atoms with Crippen LogP contribution in [0.2, 0.25) is 0 Å². The van der Waals surface area contributed by atoms with Crippen molar-refractivity contribution in [2.45, 2.75) is 51.5 Å². The van der Waals surface area contributed by atoms with Crippen LogP contribution >= 0.6 is 0 Å². The molecule has 2 amide bonds. The number of aliphatic carboxylic acids is 1. The number of carboxylic acid groups (broad SMARTS) is 1. The van der Waals surface area contributed by atoms with Gasteiger partial charge in [-0.2, -0.15) is 0 Å². The molecule has 7 nitrogen and oxygen atoms in total. The summed E-state index contributed by atoms with van der Waals surface area (Å²) in [6.07, 6.45) is 6.17. The van der Waals surface area contributed by atoms with E-state index in [0.717, 1.165) is 78.0 Å². The van der Waals surface area contributed by atoms with E-state index in [0.29, 0.717) is 12.0 Å². The molecule has 0 saturated carbocycles. The number of carbonyl (C=O) groups excluding carboxylic acids is 1. The van der Waals surface area contributed by atoms with E-state index in [-0.39, 0.29) is 11.9 Å². The van der Waals surface area contributed by atoms with Gasteiger partial charge in [-0.25, -0.2) is 4.79 Å². The van der Waals surface area contributed by atoms with E-state index >= 15 is 0 Å². The number of urea groups is 1. The zero-order valence-corrected chi connectivity index (χ0v) is 16.7. The van der Waals surface area contributed by atoms with Crippen LogP contribution < -0.4 is 5.32 Å². The van der Waals surface area contributed by atoms with Gasteiger partial charge < -0.3 is 20.2 Å². The molecule has 3 fully saturated rings. The topological polar surface area (TPSA) is 76.1 Å². The average molecular weight is 381 g/mol. The molecule has 2 N–H and O–H groups in total. The highest BCUT2D eigenvalue weighted by Crippen LogP contribution is 2.25. The van der Waals surface area contributed by atoms with E-state index < -0.39 is 5.97 Å². The third kappa shape index (κ3) is 5.57. The number of nitrogens with one attached hydrogen (secondary N) is 1. The lowest BCUT2D eigenvalue weighted by molar-refractivity contribution is -0.141. The van der Waals surface area contributed by atoms with Crippen molar-refractivity contribution in [3.05, 3.63) is 0 Å². The van der Waals surface area contributed by atoms with Crippen LogP contribution in [-0.2, 0) is 4.79 Å². The third-order valence-electron chi connectivity index (χ3n) is 6.72. The van der Waals surface area contributed by atoms with Gasteiger partial charge in [0.1, 0.15) is 0 Å². The van der Waals surface area contributed by atoms with Gasteiger partial charge in [-0.1, -0.05) is 6.92 Å². The second-order valence-electron chi connectivity index (χ2n) is 8.53. The number of carboxylic acids is 1. The molecule has 3 saturated heterocycles. The first kappa shape index (κ1) is 20.4. The number of carbonyl (C=O) groups is 2. The largest absolute Gasteiger partial charge is 0.481 e. The zero-order valence-electron chi connectivity index (χ0n) is 16.7. The van der Waals surface area contributed by atoms with Gasteiger partial charge in [0.05, 0.1) is 5.92 Å². The van der Waals surface area contributed by atoms with Gasteiger partial charge in [0.25, 0.3) is 0 Å². The molecule has 0 radical (unpaired) electrons. The molecule has 0 spiro atoms. The SMILES string of the molecule is CC(CCC1CCN(C(=O)N2CCN(C3CCNCC3)CC2)CC1)C(=O)O. The van der Waals surface area contributed by atoms with Crippen LogP contribution in [0.15, 0.2) is 0 Å². The summed E-state index contributed by atoms with van der Waals surface area (Å²) in [4.78, 5) is 30.4. The summed E-state index contributed by atoms with van der Waals surface area (Å²) < 4.78 is 0. The first-order valence-electron chi connectivity index (χ1n) is 10.8. The second kappa shape index (κ2) is 9.73. The third-order valence-corrected chi connectivity index (χ3v) is 6.72. The maximum absolute atomic E-state index is 12.8. The predicted octanol–water partition coefficient (Wildman–Crippen LogP) is 1.69. The molecular formula is C20H36N4O3. The summed E-state index contributed by atoms with van der Waals surface area (Å²) in [7, 11) is 0. The van der Waals surface area contributed by atoms with E-state index in [4.69, 9.17) is 5.11 Å². The monoisotopic (exact) mass is 380 g/mol. The molecule has 154 valence electrons. The van der Waals surface area contributed by atoms with Crippen molar-refractivity contribution in [1.82, 2.24) is 20.0 Å². The Balaban J connectivity index is 1.36. The van der Waals surface area contributed by atoms with Crippen LogP contribution in [0.5, 0.6) is 0 Å². The first-order valence-corrected chi connectivity index (χ1v) is 10.8. The fourth-order valence-corrected chi connectivity index (χ4v) is 4.67. The van der Waals surface area contributed by atoms with Gasteiger partial charge in [-0.05, 0) is 57.5 Å². The number of hydrogen-bond donors (Lipinski definition) is 2. The fraction of sp³-hybridized carbons (Fsp3) is 0.900. The number of amides is 2. The Labute approximate surface area is 163 Å². The molecular weight excluding hydrogens is 344 g/mol. The molecule has 0 bridgehead atoms. The van der Waals surface area contributed by atoms with Gasteiger partial charge in [-0.15, -0.1) is 0 Å². The molecule has 3 aliphatic heterocycles. The molecule has 3 aliphatic rings. The molecule has 3 rings (SSSR count). The normalized spacial score (nSPS) is 24.8. The van der Waals surface area contributed by atoms with Gasteiger partial charge >= 0.3 is 12.0 Å². The van der Waals surface area contributed by atoms with Gasteiger partial charge in [0, 0.05) is 45.3 Å². The number of nitrogens with zero attached hydrogens (tertiary/aromatic N) is 3. The van der Waals surface area contributed by atoms with Crippen molar-refractivity contribution in [1.29, 1.82) is 0 Å². The number of hydrogen-bond acceptors (Lipinski definition) is 4.